The molecule has 0 spiro atoms. The molecule has 2 saturated heterocycles. The molecule has 2 aromatic carbocycles. The Morgan fingerprint density at radius 2 is 1.63 bits per heavy atom. The molecule has 0 radical (unpaired) electrons. The molecule has 41 heavy (non-hydrogen) atoms. The highest BCUT2D eigenvalue weighted by molar-refractivity contribution is 7.92. The number of sulfone groups is 1. The lowest BCUT2D eigenvalue weighted by molar-refractivity contribution is -0.0000316. The first kappa shape index (κ1) is 28.7. The molecule has 222 valence electrons. The van der Waals surface area contributed by atoms with Gasteiger partial charge in [0.25, 0.3) is 0 Å². The molecule has 11 heteroatoms. The lowest BCUT2D eigenvalue weighted by atomic mass is 9.72. The number of carbonyl (C=O) groups is 1. The number of ether oxygens (including phenoxy) is 2. The fraction of sp³-hybridized carbons (Fsp3) is 0.567. The molecule has 0 unspecified atom stereocenters. The fourth-order valence-electron chi connectivity index (χ4n) is 7.32. The molecule has 1 amide bonds. The Kier molecular flexibility index (Phi) is 7.93. The third-order valence-corrected chi connectivity index (χ3v) is 12.3. The number of hydrogen-bond acceptors (Lipinski definition) is 6. The summed E-state index contributed by atoms with van der Waals surface area (Å²) >= 11 is 6.01. The van der Waals surface area contributed by atoms with Crippen LogP contribution < -0.4 is 4.74 Å². The van der Waals surface area contributed by atoms with E-state index >= 15 is 4.39 Å². The lowest BCUT2D eigenvalue weighted by Gasteiger charge is -2.48. The summed E-state index contributed by atoms with van der Waals surface area (Å²) in [6.45, 7) is 3.33. The van der Waals surface area contributed by atoms with Crippen LogP contribution in [-0.2, 0) is 19.3 Å². The summed E-state index contributed by atoms with van der Waals surface area (Å²) in [6.07, 6.45) is 4.86. The summed E-state index contributed by atoms with van der Waals surface area (Å²) < 4.78 is 68.7. The van der Waals surface area contributed by atoms with Crippen LogP contribution in [0.2, 0.25) is 5.02 Å². The molecule has 3 atom stereocenters. The maximum absolute atomic E-state index is 15.5. The van der Waals surface area contributed by atoms with Crippen molar-refractivity contribution in [2.45, 2.75) is 73.2 Å². The SMILES string of the molecule is O=C(O[C@@H]1CC[C@@]2(S(=O)(=O)c3ccc(Cl)cc3)c3c(F)ccc(F)c3OC[C@H]2C1)N1CCC(N2CCCCC2)CC1. The van der Waals surface area contributed by atoms with E-state index < -0.39 is 44.3 Å². The number of piperidine rings is 2. The van der Waals surface area contributed by atoms with E-state index in [1.807, 2.05) is 0 Å². The molecule has 0 N–H and O–H groups in total. The number of carbonyl (C=O) groups excluding carboxylic acids is 1. The third kappa shape index (κ3) is 5.10. The van der Waals surface area contributed by atoms with Gasteiger partial charge in [0.05, 0.1) is 17.1 Å². The Bertz CT molecular complexity index is 1390. The Hall–Kier alpha value is -2.43. The Morgan fingerprint density at radius 3 is 2.34 bits per heavy atom. The van der Waals surface area contributed by atoms with E-state index in [2.05, 4.69) is 4.90 Å². The van der Waals surface area contributed by atoms with Gasteiger partial charge < -0.3 is 19.3 Å². The van der Waals surface area contributed by atoms with Crippen molar-refractivity contribution >= 4 is 27.5 Å². The highest BCUT2D eigenvalue weighted by Gasteiger charge is 2.60. The zero-order valence-electron chi connectivity index (χ0n) is 22.9. The molecule has 0 aromatic heterocycles. The van der Waals surface area contributed by atoms with Gasteiger partial charge in [-0.05, 0) is 94.4 Å². The van der Waals surface area contributed by atoms with Gasteiger partial charge in [0.2, 0.25) is 0 Å². The quantitative estimate of drug-likeness (QED) is 0.428. The van der Waals surface area contributed by atoms with Gasteiger partial charge in [-0.3, -0.25) is 0 Å². The van der Waals surface area contributed by atoms with Crippen molar-refractivity contribution < 1.29 is 31.5 Å². The molecule has 0 bridgehead atoms. The van der Waals surface area contributed by atoms with Crippen LogP contribution >= 0.6 is 11.6 Å². The predicted molar refractivity (Wildman–Crippen MR) is 150 cm³/mol. The minimum absolute atomic E-state index is 0.0320. The molecule has 3 fully saturated rings. The first-order valence-corrected chi connectivity index (χ1v) is 16.4. The summed E-state index contributed by atoms with van der Waals surface area (Å²) in [5.41, 5.74) is -0.284. The molecule has 6 rings (SSSR count). The summed E-state index contributed by atoms with van der Waals surface area (Å²) in [6, 6.07) is 8.07. The van der Waals surface area contributed by atoms with Crippen LogP contribution in [0, 0.1) is 17.6 Å². The van der Waals surface area contributed by atoms with Crippen molar-refractivity contribution in [2.75, 3.05) is 32.8 Å². The third-order valence-electron chi connectivity index (χ3n) is 9.46. The van der Waals surface area contributed by atoms with Crippen LogP contribution in [0.5, 0.6) is 5.75 Å². The average Bonchev–Trinajstić information content (AvgIpc) is 2.99. The highest BCUT2D eigenvalue weighted by Crippen LogP contribution is 2.57. The number of benzene rings is 2. The van der Waals surface area contributed by atoms with Gasteiger partial charge in [-0.2, -0.15) is 0 Å². The average molecular weight is 609 g/mol. The second kappa shape index (κ2) is 11.3. The van der Waals surface area contributed by atoms with E-state index in [4.69, 9.17) is 21.1 Å². The van der Waals surface area contributed by atoms with E-state index in [9.17, 15) is 17.6 Å². The van der Waals surface area contributed by atoms with E-state index in [0.717, 1.165) is 38.1 Å². The molecule has 4 aliphatic rings. The minimum atomic E-state index is -4.24. The van der Waals surface area contributed by atoms with Gasteiger partial charge in [0.15, 0.2) is 21.4 Å². The maximum atomic E-state index is 15.5. The molecule has 7 nitrogen and oxygen atoms in total. The van der Waals surface area contributed by atoms with Crippen LogP contribution in [-0.4, -0.2) is 69.2 Å². The van der Waals surface area contributed by atoms with Gasteiger partial charge >= 0.3 is 6.09 Å². The van der Waals surface area contributed by atoms with Gasteiger partial charge in [-0.25, -0.2) is 22.0 Å². The Balaban J connectivity index is 1.22. The number of hydrogen-bond donors (Lipinski definition) is 0. The minimum Gasteiger partial charge on any atom is -0.490 e. The van der Waals surface area contributed by atoms with Crippen LogP contribution in [0.4, 0.5) is 13.6 Å². The molecule has 3 heterocycles. The Labute approximate surface area is 244 Å². The van der Waals surface area contributed by atoms with E-state index in [-0.39, 0.29) is 42.1 Å². The van der Waals surface area contributed by atoms with Crippen molar-refractivity contribution in [3.8, 4) is 5.75 Å². The molecule has 1 saturated carbocycles. The molecule has 2 aromatic rings. The monoisotopic (exact) mass is 608 g/mol. The van der Waals surface area contributed by atoms with Gasteiger partial charge in [0.1, 0.15) is 16.7 Å². The number of fused-ring (bicyclic) bond motifs is 3. The zero-order valence-corrected chi connectivity index (χ0v) is 24.4. The topological polar surface area (TPSA) is 76.1 Å². The molecule has 3 aliphatic heterocycles. The summed E-state index contributed by atoms with van der Waals surface area (Å²) in [5, 5.41) is 0.359. The second-order valence-electron chi connectivity index (χ2n) is 11.7. The summed E-state index contributed by atoms with van der Waals surface area (Å²) in [4.78, 5) is 17.4. The molecular weight excluding hydrogens is 574 g/mol. The molecular formula is C30H35ClF2N2O5S. The summed E-state index contributed by atoms with van der Waals surface area (Å²) in [7, 11) is -4.24. The van der Waals surface area contributed by atoms with Crippen LogP contribution in [0.3, 0.4) is 0 Å². The first-order chi connectivity index (χ1) is 19.7. The van der Waals surface area contributed by atoms with Crippen molar-refractivity contribution in [3.63, 3.8) is 0 Å². The van der Waals surface area contributed by atoms with Crippen LogP contribution in [0.25, 0.3) is 0 Å². The molecule has 1 aliphatic carbocycles. The van der Waals surface area contributed by atoms with Crippen molar-refractivity contribution in [1.29, 1.82) is 0 Å². The smallest absolute Gasteiger partial charge is 0.410 e. The standard InChI is InChI=1S/C30H35ClF2N2O5S/c31-21-4-6-24(7-5-21)41(37,38)30-13-10-23(18-20(30)19-39-28-26(33)9-8-25(32)27(28)30)40-29(36)35-16-11-22(12-17-35)34-14-2-1-3-15-34/h4-9,20,22-23H,1-3,10-19H2/t20-,23-,30+/m1/s1. The number of nitrogens with zero attached hydrogens (tertiary/aromatic N) is 2. The first-order valence-electron chi connectivity index (χ1n) is 14.5. The van der Waals surface area contributed by atoms with Crippen molar-refractivity contribution in [3.05, 3.63) is 58.6 Å². The van der Waals surface area contributed by atoms with E-state index in [1.54, 1.807) is 4.90 Å². The van der Waals surface area contributed by atoms with Crippen LogP contribution in [0.15, 0.2) is 41.3 Å². The normalized spacial score (nSPS) is 27.4. The largest absolute Gasteiger partial charge is 0.490 e. The number of halogens is 3. The van der Waals surface area contributed by atoms with Crippen molar-refractivity contribution in [2.24, 2.45) is 5.92 Å². The van der Waals surface area contributed by atoms with Crippen molar-refractivity contribution in [1.82, 2.24) is 9.80 Å². The predicted octanol–water partition coefficient (Wildman–Crippen LogP) is 5.94. The van der Waals surface area contributed by atoms with Gasteiger partial charge in [0, 0.05) is 30.1 Å². The maximum Gasteiger partial charge on any atom is 0.410 e. The highest BCUT2D eigenvalue weighted by atomic mass is 35.5. The summed E-state index contributed by atoms with van der Waals surface area (Å²) in [5.74, 6) is -2.78. The number of likely N-dealkylation sites (tertiary alicyclic amines) is 2. The van der Waals surface area contributed by atoms with Crippen LogP contribution in [0.1, 0.15) is 56.9 Å². The lowest BCUT2D eigenvalue weighted by Crippen LogP contribution is -2.54. The van der Waals surface area contributed by atoms with E-state index in [0.29, 0.717) is 24.2 Å². The second-order valence-corrected chi connectivity index (χ2v) is 14.3. The van der Waals surface area contributed by atoms with Gasteiger partial charge in [-0.1, -0.05) is 18.0 Å². The Morgan fingerprint density at radius 1 is 0.951 bits per heavy atom. The zero-order chi connectivity index (χ0) is 28.8. The van der Waals surface area contributed by atoms with Gasteiger partial charge in [-0.15, -0.1) is 0 Å². The van der Waals surface area contributed by atoms with E-state index in [1.165, 1.54) is 43.5 Å². The fourth-order valence-corrected chi connectivity index (χ4v) is 9.81. The number of amides is 1. The number of rotatable bonds is 4.